The van der Waals surface area contributed by atoms with E-state index in [0.717, 1.165) is 22.9 Å². The van der Waals surface area contributed by atoms with Gasteiger partial charge in [0, 0.05) is 17.9 Å². The monoisotopic (exact) mass is 268 g/mol. The summed E-state index contributed by atoms with van der Waals surface area (Å²) in [4.78, 5) is 8.80. The summed E-state index contributed by atoms with van der Waals surface area (Å²) in [5, 5.41) is 8.60. The van der Waals surface area contributed by atoms with Gasteiger partial charge in [-0.15, -0.1) is 0 Å². The molecule has 102 valence electrons. The van der Waals surface area contributed by atoms with Gasteiger partial charge in [-0.3, -0.25) is 4.68 Å². The van der Waals surface area contributed by atoms with Crippen molar-refractivity contribution in [2.24, 2.45) is 0 Å². The lowest BCUT2D eigenvalue weighted by Crippen LogP contribution is -2.03. The second-order valence-electron chi connectivity index (χ2n) is 4.94. The van der Waals surface area contributed by atoms with E-state index < -0.39 is 0 Å². The van der Waals surface area contributed by atoms with E-state index in [0.29, 0.717) is 6.04 Å². The maximum Gasteiger partial charge on any atom is 0.168 e. The molecule has 0 amide bonds. The Kier molecular flexibility index (Phi) is 3.06. The third-order valence-corrected chi connectivity index (χ3v) is 3.03. The average Bonchev–Trinajstić information content (AvgIpc) is 3.07. The molecule has 6 heteroatoms. The van der Waals surface area contributed by atoms with E-state index in [2.05, 4.69) is 34.0 Å². The molecule has 20 heavy (non-hydrogen) atoms. The van der Waals surface area contributed by atoms with Crippen molar-refractivity contribution in [3.05, 3.63) is 42.6 Å². The van der Waals surface area contributed by atoms with E-state index in [-0.39, 0.29) is 0 Å². The highest BCUT2D eigenvalue weighted by Gasteiger charge is 2.13. The third-order valence-electron chi connectivity index (χ3n) is 3.03. The molecule has 3 rings (SSSR count). The molecule has 0 aromatic carbocycles. The predicted octanol–water partition coefficient (Wildman–Crippen LogP) is 2.42. The van der Waals surface area contributed by atoms with Gasteiger partial charge in [0.05, 0.1) is 11.8 Å². The van der Waals surface area contributed by atoms with Crippen molar-refractivity contribution >= 4 is 0 Å². The van der Waals surface area contributed by atoms with Crippen LogP contribution in [0.2, 0.25) is 0 Å². The van der Waals surface area contributed by atoms with Crippen molar-refractivity contribution in [3.63, 3.8) is 0 Å². The van der Waals surface area contributed by atoms with Crippen LogP contribution in [0, 0.1) is 6.92 Å². The van der Waals surface area contributed by atoms with E-state index in [1.54, 1.807) is 10.9 Å². The molecule has 6 nitrogen and oxygen atoms in total. The Morgan fingerprint density at radius 2 is 2.00 bits per heavy atom. The maximum absolute atomic E-state index is 4.48. The smallest absolute Gasteiger partial charge is 0.168 e. The Bertz CT molecular complexity index is 725. The molecule has 3 heterocycles. The van der Waals surface area contributed by atoms with Crippen LogP contribution >= 0.6 is 0 Å². The Morgan fingerprint density at radius 3 is 2.70 bits per heavy atom. The number of pyridine rings is 1. The molecule has 0 fully saturated rings. The van der Waals surface area contributed by atoms with Crippen LogP contribution in [-0.2, 0) is 0 Å². The lowest BCUT2D eigenvalue weighted by atomic mass is 10.3. The van der Waals surface area contributed by atoms with E-state index in [1.165, 1.54) is 6.33 Å². The summed E-state index contributed by atoms with van der Waals surface area (Å²) < 4.78 is 3.63. The number of nitrogens with zero attached hydrogens (tertiary/aromatic N) is 6. The molecule has 0 bridgehead atoms. The van der Waals surface area contributed by atoms with Gasteiger partial charge in [0.15, 0.2) is 11.6 Å². The molecule has 0 saturated heterocycles. The number of aryl methyl sites for hydroxylation is 1. The minimum atomic E-state index is 0.317. The third kappa shape index (κ3) is 2.20. The first-order chi connectivity index (χ1) is 9.65. The van der Waals surface area contributed by atoms with E-state index >= 15 is 0 Å². The zero-order valence-corrected chi connectivity index (χ0v) is 11.7. The van der Waals surface area contributed by atoms with Crippen molar-refractivity contribution in [2.75, 3.05) is 0 Å². The van der Waals surface area contributed by atoms with Gasteiger partial charge in [-0.1, -0.05) is 6.07 Å². The number of hydrogen-bond acceptors (Lipinski definition) is 4. The molecule has 0 radical (unpaired) electrons. The van der Waals surface area contributed by atoms with Gasteiger partial charge in [-0.05, 0) is 32.9 Å². The fourth-order valence-corrected chi connectivity index (χ4v) is 1.99. The molecular weight excluding hydrogens is 252 g/mol. The Labute approximate surface area is 117 Å². The Balaban J connectivity index is 2.05. The standard InChI is InChI=1S/C14H16N6/c1-10(2)19-8-12(7-16-19)14-15-9-17-20(14)13-6-4-5-11(3)18-13/h4-10H,1-3H3. The number of hydrogen-bond donors (Lipinski definition) is 0. The highest BCUT2D eigenvalue weighted by atomic mass is 15.4. The van der Waals surface area contributed by atoms with Crippen molar-refractivity contribution in [1.82, 2.24) is 29.5 Å². The van der Waals surface area contributed by atoms with Gasteiger partial charge >= 0.3 is 0 Å². The summed E-state index contributed by atoms with van der Waals surface area (Å²) in [5.41, 5.74) is 1.88. The zero-order chi connectivity index (χ0) is 14.1. The molecule has 3 aromatic heterocycles. The Morgan fingerprint density at radius 1 is 1.15 bits per heavy atom. The molecule has 3 aromatic rings. The summed E-state index contributed by atoms with van der Waals surface area (Å²) in [5.74, 6) is 1.50. The highest BCUT2D eigenvalue weighted by molar-refractivity contribution is 5.54. The van der Waals surface area contributed by atoms with Crippen molar-refractivity contribution in [3.8, 4) is 17.2 Å². The van der Waals surface area contributed by atoms with Crippen LogP contribution in [0.5, 0.6) is 0 Å². The van der Waals surface area contributed by atoms with Crippen LogP contribution in [0.15, 0.2) is 36.9 Å². The minimum absolute atomic E-state index is 0.317. The first kappa shape index (κ1) is 12.5. The normalized spacial score (nSPS) is 11.2. The molecule has 0 aliphatic rings. The van der Waals surface area contributed by atoms with Gasteiger partial charge in [0.2, 0.25) is 0 Å². The largest absolute Gasteiger partial charge is 0.270 e. The van der Waals surface area contributed by atoms with Crippen molar-refractivity contribution in [1.29, 1.82) is 0 Å². The predicted molar refractivity (Wildman–Crippen MR) is 75.5 cm³/mol. The maximum atomic E-state index is 4.48. The van der Waals surface area contributed by atoms with Gasteiger partial charge in [0.25, 0.3) is 0 Å². The van der Waals surface area contributed by atoms with E-state index in [9.17, 15) is 0 Å². The molecule has 0 N–H and O–H groups in total. The minimum Gasteiger partial charge on any atom is -0.270 e. The van der Waals surface area contributed by atoms with Gasteiger partial charge in [0.1, 0.15) is 6.33 Å². The summed E-state index contributed by atoms with van der Waals surface area (Å²) in [7, 11) is 0. The van der Waals surface area contributed by atoms with Crippen LogP contribution in [0.3, 0.4) is 0 Å². The summed E-state index contributed by atoms with van der Waals surface area (Å²) >= 11 is 0. The van der Waals surface area contributed by atoms with E-state index in [4.69, 9.17) is 0 Å². The van der Waals surface area contributed by atoms with Crippen molar-refractivity contribution in [2.45, 2.75) is 26.8 Å². The van der Waals surface area contributed by atoms with Crippen LogP contribution in [0.4, 0.5) is 0 Å². The van der Waals surface area contributed by atoms with Gasteiger partial charge in [-0.25, -0.2) is 9.97 Å². The molecule has 0 atom stereocenters. The van der Waals surface area contributed by atoms with Gasteiger partial charge < -0.3 is 0 Å². The summed E-state index contributed by atoms with van der Waals surface area (Å²) in [6.07, 6.45) is 5.31. The second kappa shape index (κ2) is 4.88. The summed E-state index contributed by atoms with van der Waals surface area (Å²) in [6, 6.07) is 6.15. The topological polar surface area (TPSA) is 61.4 Å². The molecule has 0 unspecified atom stereocenters. The van der Waals surface area contributed by atoms with Crippen molar-refractivity contribution < 1.29 is 0 Å². The summed E-state index contributed by atoms with van der Waals surface area (Å²) in [6.45, 7) is 6.13. The average molecular weight is 268 g/mol. The molecular formula is C14H16N6. The molecule has 0 saturated carbocycles. The molecule has 0 aliphatic heterocycles. The molecule has 0 spiro atoms. The fraction of sp³-hybridized carbons (Fsp3) is 0.286. The SMILES string of the molecule is Cc1cccc(-n2ncnc2-c2cnn(C(C)C)c2)n1. The lowest BCUT2D eigenvalue weighted by molar-refractivity contribution is 0.532. The first-order valence-electron chi connectivity index (χ1n) is 6.54. The van der Waals surface area contributed by atoms with Gasteiger partial charge in [-0.2, -0.15) is 14.9 Å². The van der Waals surface area contributed by atoms with E-state index in [1.807, 2.05) is 36.0 Å². The van der Waals surface area contributed by atoms with Crippen LogP contribution in [0.25, 0.3) is 17.2 Å². The van der Waals surface area contributed by atoms with Crippen LogP contribution in [0.1, 0.15) is 25.6 Å². The second-order valence-corrected chi connectivity index (χ2v) is 4.94. The van der Waals surface area contributed by atoms with Crippen LogP contribution in [-0.4, -0.2) is 29.5 Å². The zero-order valence-electron chi connectivity index (χ0n) is 11.7. The number of rotatable bonds is 3. The lowest BCUT2D eigenvalue weighted by Gasteiger charge is -2.05. The fourth-order valence-electron chi connectivity index (χ4n) is 1.99. The number of aromatic nitrogens is 6. The Hall–Kier alpha value is -2.50. The molecule has 0 aliphatic carbocycles. The van der Waals surface area contributed by atoms with Crippen LogP contribution < -0.4 is 0 Å². The first-order valence-corrected chi connectivity index (χ1v) is 6.54. The quantitative estimate of drug-likeness (QED) is 0.732. The highest BCUT2D eigenvalue weighted by Crippen LogP contribution is 2.19.